The molecular weight excluding hydrogens is 400 g/mol. The minimum Gasteiger partial charge on any atom is -1.00 e. The van der Waals surface area contributed by atoms with Crippen molar-refractivity contribution in [3.63, 3.8) is 0 Å². The average Bonchev–Trinajstić information content (AvgIpc) is 2.82. The third-order valence-corrected chi connectivity index (χ3v) is 19.7. The maximum atomic E-state index is 12.3. The van der Waals surface area contributed by atoms with Crippen molar-refractivity contribution >= 4 is 11.8 Å². The van der Waals surface area contributed by atoms with Crippen LogP contribution in [0, 0.1) is 0 Å². The van der Waals surface area contributed by atoms with Crippen molar-refractivity contribution in [1.29, 1.82) is 0 Å². The zero-order chi connectivity index (χ0) is 13.8. The Balaban J connectivity index is 0.00000200. The van der Waals surface area contributed by atoms with Gasteiger partial charge in [0.05, 0.1) is 0 Å². The summed E-state index contributed by atoms with van der Waals surface area (Å²) in [5.41, 5.74) is 2.15. The van der Waals surface area contributed by atoms with Crippen molar-refractivity contribution in [3.05, 3.63) is 56.9 Å². The molecule has 0 saturated carbocycles. The van der Waals surface area contributed by atoms with Crippen molar-refractivity contribution in [3.8, 4) is 0 Å². The van der Waals surface area contributed by atoms with Gasteiger partial charge < -0.3 is 24.8 Å². The number of carbonyl (C=O) groups is 1. The molecule has 113 valence electrons. The maximum Gasteiger partial charge on any atom is -1.00 e. The van der Waals surface area contributed by atoms with Crippen molar-refractivity contribution in [2.75, 3.05) is 0 Å². The van der Waals surface area contributed by atoms with Gasteiger partial charge >= 0.3 is 124 Å². The van der Waals surface area contributed by atoms with Gasteiger partial charge in [0.2, 0.25) is 0 Å². The van der Waals surface area contributed by atoms with Crippen molar-refractivity contribution in [2.24, 2.45) is 0 Å². The molecule has 6 heteroatoms. The fourth-order valence-corrected chi connectivity index (χ4v) is 15.9. The second kappa shape index (κ2) is 9.78. The minimum atomic E-state index is -1.91. The quantitative estimate of drug-likeness (QED) is 0.523. The van der Waals surface area contributed by atoms with Crippen LogP contribution < -0.4 is 28.1 Å². The fraction of sp³-hybridized carbons (Fsp3) is 0.267. The second-order valence-electron chi connectivity index (χ2n) is 5.21. The van der Waals surface area contributed by atoms with E-state index < -0.39 is 27.1 Å². The van der Waals surface area contributed by atoms with E-state index in [9.17, 15) is 4.79 Å². The van der Waals surface area contributed by atoms with Crippen LogP contribution in [0.3, 0.4) is 0 Å². The Kier molecular flexibility index (Phi) is 9.71. The summed E-state index contributed by atoms with van der Waals surface area (Å²) in [6.07, 6.45) is 5.66. The number of benzene rings is 1. The first kappa shape index (κ1) is 20.9. The van der Waals surface area contributed by atoms with Gasteiger partial charge in [0.25, 0.3) is 0 Å². The normalized spacial score (nSPS) is 12.8. The predicted molar refractivity (Wildman–Crippen MR) is 79.2 cm³/mol. The van der Waals surface area contributed by atoms with Gasteiger partial charge in [-0.3, -0.25) is 0 Å². The summed E-state index contributed by atoms with van der Waals surface area (Å²) < 4.78 is 4.97. The second-order valence-corrected chi connectivity index (χ2v) is 23.7. The molecule has 0 spiro atoms. The van der Waals surface area contributed by atoms with Gasteiger partial charge in [0, 0.05) is 0 Å². The van der Waals surface area contributed by atoms with Gasteiger partial charge in [-0.2, -0.15) is 0 Å². The zero-order valence-electron chi connectivity index (χ0n) is 12.5. The largest absolute Gasteiger partial charge is 1.00 e. The van der Waals surface area contributed by atoms with Crippen molar-refractivity contribution in [2.45, 2.75) is 26.4 Å². The zero-order valence-corrected chi connectivity index (χ0v) is 17.6. The van der Waals surface area contributed by atoms with E-state index in [0.29, 0.717) is 0 Å². The smallest absolute Gasteiger partial charge is 1.00 e. The number of halogens is 2. The van der Waals surface area contributed by atoms with Gasteiger partial charge in [-0.05, 0) is 0 Å². The van der Waals surface area contributed by atoms with Crippen LogP contribution in [-0.4, -0.2) is 11.8 Å². The number of rotatable bonds is 4. The standard InChI is InChI=1S/C7H7NO.C6H7.C2H7Si.2ClH.Zr/c8-7(9)6-4-2-1-3-5-6;1-6-4-2-3-5-6;1-3-2;;;/h1-5H,(H2,8,9);4-5H,2H2,1H3;3H,1-2H3;2*1H;/q;;;;;+3/p-3. The Hall–Kier alpha value is -0.150. The molecule has 0 aromatic heterocycles. The molecule has 21 heavy (non-hydrogen) atoms. The summed E-state index contributed by atoms with van der Waals surface area (Å²) in [4.78, 5) is 12.3. The summed E-state index contributed by atoms with van der Waals surface area (Å²) in [7, 11) is 0. The van der Waals surface area contributed by atoms with Gasteiger partial charge in [-0.15, -0.1) is 0 Å². The van der Waals surface area contributed by atoms with Crippen LogP contribution in [0.1, 0.15) is 23.7 Å². The predicted octanol–water partition coefficient (Wildman–Crippen LogP) is -2.83. The van der Waals surface area contributed by atoms with Gasteiger partial charge in [-0.25, -0.2) is 0 Å². The van der Waals surface area contributed by atoms with E-state index in [2.05, 4.69) is 35.4 Å². The molecule has 1 aliphatic rings. The Labute approximate surface area is 148 Å². The number of hydrogen-bond acceptors (Lipinski definition) is 1. The van der Waals surface area contributed by atoms with E-state index in [1.807, 2.05) is 30.3 Å². The molecule has 0 saturated heterocycles. The molecule has 2 rings (SSSR count). The third-order valence-electron chi connectivity index (χ3n) is 3.25. The van der Waals surface area contributed by atoms with Crippen LogP contribution >= 0.6 is 0 Å². The van der Waals surface area contributed by atoms with Crippen LogP contribution in [-0.2, 0) is 21.2 Å². The summed E-state index contributed by atoms with van der Waals surface area (Å²) in [5.74, 6) is -0.656. The third kappa shape index (κ3) is 5.86. The molecule has 0 atom stereocenters. The summed E-state index contributed by atoms with van der Waals surface area (Å²) in [6.45, 7) is 6.89. The average molecular weight is 421 g/mol. The molecule has 2 nitrogen and oxygen atoms in total. The topological polar surface area (TPSA) is 29.1 Å². The Bertz CT molecular complexity index is 532. The number of amides is 1. The molecule has 0 radical (unpaired) electrons. The molecule has 0 bridgehead atoms. The maximum absolute atomic E-state index is 12.3. The van der Waals surface area contributed by atoms with Gasteiger partial charge in [-0.1, -0.05) is 0 Å². The molecule has 0 aliphatic heterocycles. The van der Waals surface area contributed by atoms with E-state index in [4.69, 9.17) is 0 Å². The molecule has 1 N–H and O–H groups in total. The monoisotopic (exact) mass is 418 g/mol. The Morgan fingerprint density at radius 1 is 1.19 bits per heavy atom. The fourth-order valence-electron chi connectivity index (χ4n) is 2.23. The van der Waals surface area contributed by atoms with Crippen molar-refractivity contribution in [1.82, 2.24) is 3.26 Å². The van der Waals surface area contributed by atoms with Crippen LogP contribution in [0.4, 0.5) is 0 Å². The molecule has 1 aromatic carbocycles. The summed E-state index contributed by atoms with van der Waals surface area (Å²) >= 11 is -1.91. The molecule has 1 aliphatic carbocycles. The minimum absolute atomic E-state index is 0. The Morgan fingerprint density at radius 3 is 2.29 bits per heavy atom. The van der Waals surface area contributed by atoms with Crippen LogP contribution in [0.25, 0.3) is 0 Å². The van der Waals surface area contributed by atoms with E-state index in [0.717, 1.165) is 12.0 Å². The molecule has 0 fully saturated rings. The Morgan fingerprint density at radius 2 is 1.81 bits per heavy atom. The van der Waals surface area contributed by atoms with E-state index in [1.54, 1.807) is 3.28 Å². The van der Waals surface area contributed by atoms with Crippen LogP contribution in [0.2, 0.25) is 13.1 Å². The molecule has 1 amide bonds. The molecule has 1 aromatic rings. The summed E-state index contributed by atoms with van der Waals surface area (Å²) in [5, 5.41) is 0. The first-order chi connectivity index (χ1) is 9.08. The van der Waals surface area contributed by atoms with E-state index in [-0.39, 0.29) is 30.7 Å². The number of carbonyl (C=O) groups excluding carboxylic acids is 1. The number of allylic oxidation sites excluding steroid dienone is 4. The molecular formula is C15H20Cl2NOSiZr. The number of nitrogens with one attached hydrogen (secondary N) is 1. The van der Waals surface area contributed by atoms with E-state index >= 15 is 0 Å². The van der Waals surface area contributed by atoms with Crippen LogP contribution in [0.5, 0.6) is 0 Å². The van der Waals surface area contributed by atoms with Crippen molar-refractivity contribution < 1.29 is 50.8 Å². The number of hydrogen-bond donors (Lipinski definition) is 1. The first-order valence-corrected chi connectivity index (χ1v) is 16.3. The van der Waals surface area contributed by atoms with Gasteiger partial charge in [0.1, 0.15) is 0 Å². The van der Waals surface area contributed by atoms with Crippen LogP contribution in [0.15, 0.2) is 51.3 Å². The SMILES string of the molecule is CC1=CC[C]([Zr+2]([NH]C(=O)c2ccccc2)[SiH](C)C)=C1.[Cl-].[Cl-]. The van der Waals surface area contributed by atoms with E-state index in [1.165, 1.54) is 5.57 Å². The van der Waals surface area contributed by atoms with Gasteiger partial charge in [0.15, 0.2) is 0 Å². The molecule has 0 heterocycles. The molecule has 0 unspecified atom stereocenters. The first-order valence-electron chi connectivity index (χ1n) is 6.69. The summed E-state index contributed by atoms with van der Waals surface area (Å²) in [6, 6.07) is 9.58.